The summed E-state index contributed by atoms with van der Waals surface area (Å²) in [5.41, 5.74) is 4.86. The Balaban J connectivity index is 1.70. The second kappa shape index (κ2) is 6.44. The van der Waals surface area contributed by atoms with E-state index in [1.165, 1.54) is 5.56 Å². The van der Waals surface area contributed by atoms with Gasteiger partial charge in [-0.2, -0.15) is 5.10 Å². The molecule has 1 fully saturated rings. The molecule has 134 valence electrons. The molecule has 0 bridgehead atoms. The van der Waals surface area contributed by atoms with Crippen molar-refractivity contribution in [3.05, 3.63) is 65.5 Å². The van der Waals surface area contributed by atoms with Gasteiger partial charge in [-0.3, -0.25) is 14.0 Å². The fraction of sp³-hybridized carbons (Fsp3) is 0.350. The van der Waals surface area contributed by atoms with Gasteiger partial charge in [0, 0.05) is 30.5 Å². The van der Waals surface area contributed by atoms with Crippen molar-refractivity contribution >= 4 is 5.91 Å². The molecule has 2 aromatic heterocycles. The molecule has 0 spiro atoms. The van der Waals surface area contributed by atoms with Gasteiger partial charge in [0.15, 0.2) is 0 Å². The van der Waals surface area contributed by atoms with Crippen LogP contribution < -0.4 is 0 Å². The lowest BCUT2D eigenvalue weighted by Crippen LogP contribution is -2.32. The highest BCUT2D eigenvalue weighted by Crippen LogP contribution is 2.36. The SMILES string of the molecule is Cc1nn(C)c(C)c1C1CCCN1C(=O)c1cncn1-c1ccccc1. The standard InChI is InChI=1S/C20H23N5O/c1-14-19(15(2)23(3)22-14)17-10-7-11-24(17)20(26)18-12-21-13-25(18)16-8-5-4-6-9-16/h4-6,8-9,12-13,17H,7,10-11H2,1-3H3. The van der Waals surface area contributed by atoms with Crippen LogP contribution in [0.3, 0.4) is 0 Å². The number of hydrogen-bond acceptors (Lipinski definition) is 3. The van der Waals surface area contributed by atoms with Crippen molar-refractivity contribution in [2.24, 2.45) is 7.05 Å². The van der Waals surface area contributed by atoms with E-state index in [1.54, 1.807) is 12.5 Å². The Labute approximate surface area is 153 Å². The minimum atomic E-state index is 0.0245. The molecular formula is C20H23N5O. The second-order valence-corrected chi connectivity index (χ2v) is 6.85. The number of carbonyl (C=O) groups excluding carboxylic acids is 1. The van der Waals surface area contributed by atoms with Gasteiger partial charge in [-0.1, -0.05) is 18.2 Å². The van der Waals surface area contributed by atoms with Crippen molar-refractivity contribution < 1.29 is 4.79 Å². The molecule has 26 heavy (non-hydrogen) atoms. The third-order valence-corrected chi connectivity index (χ3v) is 5.30. The highest BCUT2D eigenvalue weighted by Gasteiger charge is 2.35. The van der Waals surface area contributed by atoms with E-state index in [4.69, 9.17) is 0 Å². The van der Waals surface area contributed by atoms with Crippen molar-refractivity contribution in [3.8, 4) is 5.69 Å². The Bertz CT molecular complexity index is 941. The summed E-state index contributed by atoms with van der Waals surface area (Å²) >= 11 is 0. The fourth-order valence-corrected chi connectivity index (χ4v) is 3.98. The largest absolute Gasteiger partial charge is 0.330 e. The zero-order valence-electron chi connectivity index (χ0n) is 15.4. The maximum absolute atomic E-state index is 13.4. The van der Waals surface area contributed by atoms with E-state index in [9.17, 15) is 4.79 Å². The first-order chi connectivity index (χ1) is 12.6. The van der Waals surface area contributed by atoms with Gasteiger partial charge in [0.1, 0.15) is 5.69 Å². The molecular weight excluding hydrogens is 326 g/mol. The lowest BCUT2D eigenvalue weighted by molar-refractivity contribution is 0.0727. The predicted molar refractivity (Wildman–Crippen MR) is 99.3 cm³/mol. The number of likely N-dealkylation sites (tertiary alicyclic amines) is 1. The number of aromatic nitrogens is 4. The van der Waals surface area contributed by atoms with Gasteiger partial charge in [0.2, 0.25) is 0 Å². The molecule has 1 unspecified atom stereocenters. The summed E-state index contributed by atoms with van der Waals surface area (Å²) in [6, 6.07) is 9.93. The molecule has 1 aromatic carbocycles. The number of hydrogen-bond donors (Lipinski definition) is 0. The first-order valence-electron chi connectivity index (χ1n) is 8.96. The van der Waals surface area contributed by atoms with Gasteiger partial charge in [-0.15, -0.1) is 0 Å². The van der Waals surface area contributed by atoms with Gasteiger partial charge in [0.05, 0.1) is 24.3 Å². The third kappa shape index (κ3) is 2.62. The van der Waals surface area contributed by atoms with Crippen molar-refractivity contribution in [1.82, 2.24) is 24.2 Å². The Hall–Kier alpha value is -2.89. The number of carbonyl (C=O) groups is 1. The molecule has 4 rings (SSSR count). The zero-order chi connectivity index (χ0) is 18.3. The maximum atomic E-state index is 13.4. The average molecular weight is 349 g/mol. The number of benzene rings is 1. The lowest BCUT2D eigenvalue weighted by Gasteiger charge is -2.25. The molecule has 1 amide bonds. The van der Waals surface area contributed by atoms with Crippen LogP contribution in [0.25, 0.3) is 5.69 Å². The van der Waals surface area contributed by atoms with E-state index < -0.39 is 0 Å². The highest BCUT2D eigenvalue weighted by atomic mass is 16.2. The van der Waals surface area contributed by atoms with Crippen LogP contribution in [0, 0.1) is 13.8 Å². The van der Waals surface area contributed by atoms with Crippen LogP contribution in [0.1, 0.15) is 46.3 Å². The molecule has 6 nitrogen and oxygen atoms in total. The fourth-order valence-electron chi connectivity index (χ4n) is 3.98. The molecule has 3 aromatic rings. The molecule has 1 aliphatic heterocycles. The summed E-state index contributed by atoms with van der Waals surface area (Å²) in [5.74, 6) is 0.0245. The van der Waals surface area contributed by atoms with Crippen LogP contribution in [-0.2, 0) is 7.05 Å². The minimum Gasteiger partial charge on any atom is -0.330 e. The Morgan fingerprint density at radius 2 is 1.96 bits per heavy atom. The van der Waals surface area contributed by atoms with Crippen LogP contribution in [0.4, 0.5) is 0 Å². The van der Waals surface area contributed by atoms with Gasteiger partial charge in [0.25, 0.3) is 5.91 Å². The first kappa shape index (κ1) is 16.6. The number of rotatable bonds is 3. The molecule has 0 saturated carbocycles. The summed E-state index contributed by atoms with van der Waals surface area (Å²) in [6.07, 6.45) is 5.34. The Kier molecular flexibility index (Phi) is 4.11. The van der Waals surface area contributed by atoms with Crippen LogP contribution in [0.15, 0.2) is 42.9 Å². The quantitative estimate of drug-likeness (QED) is 0.730. The summed E-state index contributed by atoms with van der Waals surface area (Å²) in [7, 11) is 1.96. The molecule has 1 atom stereocenters. The summed E-state index contributed by atoms with van der Waals surface area (Å²) < 4.78 is 3.76. The highest BCUT2D eigenvalue weighted by molar-refractivity contribution is 5.93. The molecule has 6 heteroatoms. The van der Waals surface area contributed by atoms with E-state index in [1.807, 2.05) is 58.5 Å². The topological polar surface area (TPSA) is 56.0 Å². The molecule has 3 heterocycles. The van der Waals surface area contributed by atoms with Crippen LogP contribution >= 0.6 is 0 Å². The van der Waals surface area contributed by atoms with Crippen molar-refractivity contribution in [3.63, 3.8) is 0 Å². The second-order valence-electron chi connectivity index (χ2n) is 6.85. The van der Waals surface area contributed by atoms with E-state index in [0.29, 0.717) is 5.69 Å². The zero-order valence-corrected chi connectivity index (χ0v) is 15.4. The molecule has 0 radical (unpaired) electrons. The van der Waals surface area contributed by atoms with E-state index in [-0.39, 0.29) is 11.9 Å². The number of para-hydroxylation sites is 1. The Morgan fingerprint density at radius 3 is 2.65 bits per heavy atom. The lowest BCUT2D eigenvalue weighted by atomic mass is 10.0. The smallest absolute Gasteiger partial charge is 0.273 e. The third-order valence-electron chi connectivity index (χ3n) is 5.30. The maximum Gasteiger partial charge on any atom is 0.273 e. The molecule has 1 aliphatic rings. The monoisotopic (exact) mass is 349 g/mol. The van der Waals surface area contributed by atoms with Gasteiger partial charge in [-0.25, -0.2) is 4.98 Å². The average Bonchev–Trinajstić information content (AvgIpc) is 3.36. The predicted octanol–water partition coefficient (Wildman–Crippen LogP) is 3.20. The van der Waals surface area contributed by atoms with E-state index in [2.05, 4.69) is 17.0 Å². The molecule has 0 N–H and O–H groups in total. The van der Waals surface area contributed by atoms with Crippen molar-refractivity contribution in [1.29, 1.82) is 0 Å². The summed E-state index contributed by atoms with van der Waals surface area (Å²) in [6.45, 7) is 4.86. The minimum absolute atomic E-state index is 0.0245. The number of amides is 1. The van der Waals surface area contributed by atoms with Gasteiger partial charge in [-0.05, 0) is 38.8 Å². The van der Waals surface area contributed by atoms with Crippen LogP contribution in [0.2, 0.25) is 0 Å². The number of nitrogens with zero attached hydrogens (tertiary/aromatic N) is 5. The first-order valence-corrected chi connectivity index (χ1v) is 8.96. The van der Waals surface area contributed by atoms with Crippen molar-refractivity contribution in [2.45, 2.75) is 32.7 Å². The van der Waals surface area contributed by atoms with Crippen LogP contribution in [-0.4, -0.2) is 36.7 Å². The molecule has 0 aliphatic carbocycles. The summed E-state index contributed by atoms with van der Waals surface area (Å²) in [5, 5.41) is 4.54. The van der Waals surface area contributed by atoms with E-state index >= 15 is 0 Å². The van der Waals surface area contributed by atoms with Crippen LogP contribution in [0.5, 0.6) is 0 Å². The number of aryl methyl sites for hydroxylation is 2. The van der Waals surface area contributed by atoms with Gasteiger partial charge >= 0.3 is 0 Å². The Morgan fingerprint density at radius 1 is 1.19 bits per heavy atom. The van der Waals surface area contributed by atoms with Gasteiger partial charge < -0.3 is 4.90 Å². The van der Waals surface area contributed by atoms with E-state index in [0.717, 1.165) is 36.5 Å². The molecule has 1 saturated heterocycles. The number of imidazole rings is 1. The normalized spacial score (nSPS) is 17.0. The van der Waals surface area contributed by atoms with Crippen molar-refractivity contribution in [2.75, 3.05) is 6.54 Å². The summed E-state index contributed by atoms with van der Waals surface area (Å²) in [4.78, 5) is 19.6.